The summed E-state index contributed by atoms with van der Waals surface area (Å²) in [6.45, 7) is 1.88. The maximum atomic E-state index is 13.2. The van der Waals surface area contributed by atoms with Crippen LogP contribution in [-0.2, 0) is 6.18 Å². The van der Waals surface area contributed by atoms with E-state index in [4.69, 9.17) is 0 Å². The predicted molar refractivity (Wildman–Crippen MR) is 84.8 cm³/mol. The minimum atomic E-state index is -4.38. The average molecular weight is 313 g/mol. The third-order valence-corrected chi connectivity index (χ3v) is 3.59. The molecule has 1 nitrogen and oxygen atoms in total. The molecule has 0 bridgehead atoms. The molecule has 0 spiro atoms. The van der Waals surface area contributed by atoms with Crippen molar-refractivity contribution in [2.24, 2.45) is 0 Å². The fraction of sp³-hybridized carbons (Fsp3) is 0.105. The van der Waals surface area contributed by atoms with Gasteiger partial charge in [0, 0.05) is 11.3 Å². The second-order valence-electron chi connectivity index (χ2n) is 5.29. The van der Waals surface area contributed by atoms with Crippen LogP contribution < -0.4 is 0 Å². The molecule has 0 atom stereocenters. The number of aryl methyl sites for hydroxylation is 1. The van der Waals surface area contributed by atoms with E-state index in [1.54, 1.807) is 24.3 Å². The Morgan fingerprint density at radius 2 is 1.48 bits per heavy atom. The summed E-state index contributed by atoms with van der Waals surface area (Å²) in [5.74, 6) is 0. The predicted octanol–water partition coefficient (Wildman–Crippen LogP) is 5.74. The van der Waals surface area contributed by atoms with Gasteiger partial charge in [-0.05, 0) is 42.3 Å². The lowest BCUT2D eigenvalue weighted by Gasteiger charge is -2.13. The van der Waals surface area contributed by atoms with E-state index in [0.717, 1.165) is 23.0 Å². The molecule has 0 fully saturated rings. The maximum absolute atomic E-state index is 13.2. The number of hydrogen-bond acceptors (Lipinski definition) is 1. The molecule has 0 aliphatic carbocycles. The van der Waals surface area contributed by atoms with Crippen LogP contribution in [0.25, 0.3) is 22.4 Å². The third-order valence-electron chi connectivity index (χ3n) is 3.59. The van der Waals surface area contributed by atoms with E-state index in [1.165, 1.54) is 12.1 Å². The van der Waals surface area contributed by atoms with Gasteiger partial charge in [-0.2, -0.15) is 13.2 Å². The van der Waals surface area contributed by atoms with Gasteiger partial charge >= 0.3 is 6.18 Å². The van der Waals surface area contributed by atoms with E-state index in [2.05, 4.69) is 4.98 Å². The molecule has 3 aromatic rings. The number of benzene rings is 2. The normalized spacial score (nSPS) is 11.5. The Labute approximate surface area is 132 Å². The van der Waals surface area contributed by atoms with Gasteiger partial charge in [-0.25, -0.2) is 0 Å². The highest BCUT2D eigenvalue weighted by molar-refractivity contribution is 5.74. The first-order valence-electron chi connectivity index (χ1n) is 7.16. The minimum Gasteiger partial charge on any atom is -0.253 e. The first-order valence-corrected chi connectivity index (χ1v) is 7.16. The van der Waals surface area contributed by atoms with E-state index >= 15 is 0 Å². The second kappa shape index (κ2) is 5.88. The third kappa shape index (κ3) is 3.26. The molecular formula is C19H14F3N. The van der Waals surface area contributed by atoms with Crippen LogP contribution in [0, 0.1) is 6.92 Å². The minimum absolute atomic E-state index is 0.175. The van der Waals surface area contributed by atoms with Gasteiger partial charge in [0.15, 0.2) is 0 Å². The van der Waals surface area contributed by atoms with Crippen molar-refractivity contribution in [3.8, 4) is 22.4 Å². The first kappa shape index (κ1) is 15.3. The molecule has 1 heterocycles. The summed E-state index contributed by atoms with van der Waals surface area (Å²) in [4.78, 5) is 4.43. The Morgan fingerprint density at radius 3 is 2.22 bits per heavy atom. The Hall–Kier alpha value is -2.62. The molecule has 0 aliphatic heterocycles. The van der Waals surface area contributed by atoms with Gasteiger partial charge in [0.1, 0.15) is 0 Å². The summed E-state index contributed by atoms with van der Waals surface area (Å²) < 4.78 is 39.6. The molecule has 0 radical (unpaired) electrons. The topological polar surface area (TPSA) is 12.9 Å². The largest absolute Gasteiger partial charge is 0.417 e. The summed E-state index contributed by atoms with van der Waals surface area (Å²) in [5.41, 5.74) is 2.48. The molecule has 0 amide bonds. The fourth-order valence-electron chi connectivity index (χ4n) is 2.53. The summed E-state index contributed by atoms with van der Waals surface area (Å²) in [6.07, 6.45) is -4.38. The van der Waals surface area contributed by atoms with Gasteiger partial charge in [0.05, 0.1) is 11.3 Å². The molecule has 0 N–H and O–H groups in total. The van der Waals surface area contributed by atoms with Gasteiger partial charge in [-0.1, -0.05) is 42.5 Å². The van der Waals surface area contributed by atoms with Crippen LogP contribution in [0.4, 0.5) is 13.2 Å². The second-order valence-corrected chi connectivity index (χ2v) is 5.29. The van der Waals surface area contributed by atoms with Gasteiger partial charge < -0.3 is 0 Å². The molecule has 0 saturated heterocycles. The molecule has 0 unspecified atom stereocenters. The average Bonchev–Trinajstić information content (AvgIpc) is 2.54. The highest BCUT2D eigenvalue weighted by Gasteiger charge is 2.33. The van der Waals surface area contributed by atoms with Crippen LogP contribution >= 0.6 is 0 Å². The fourth-order valence-corrected chi connectivity index (χ4v) is 2.53. The Balaban J connectivity index is 2.12. The Bertz CT molecular complexity index is 838. The van der Waals surface area contributed by atoms with Crippen molar-refractivity contribution in [1.29, 1.82) is 0 Å². The van der Waals surface area contributed by atoms with E-state index in [9.17, 15) is 13.2 Å². The maximum Gasteiger partial charge on any atom is 0.417 e. The number of nitrogens with zero attached hydrogens (tertiary/aromatic N) is 1. The van der Waals surface area contributed by atoms with E-state index in [-0.39, 0.29) is 5.56 Å². The Morgan fingerprint density at radius 1 is 0.783 bits per heavy atom. The smallest absolute Gasteiger partial charge is 0.253 e. The molecule has 0 aliphatic rings. The van der Waals surface area contributed by atoms with Crippen LogP contribution in [0.1, 0.15) is 11.3 Å². The van der Waals surface area contributed by atoms with Crippen LogP contribution in [-0.4, -0.2) is 4.98 Å². The summed E-state index contributed by atoms with van der Waals surface area (Å²) >= 11 is 0. The summed E-state index contributed by atoms with van der Waals surface area (Å²) in [6, 6.07) is 18.3. The number of rotatable bonds is 2. The molecule has 23 heavy (non-hydrogen) atoms. The zero-order chi connectivity index (χ0) is 16.4. The van der Waals surface area contributed by atoms with Gasteiger partial charge in [-0.15, -0.1) is 0 Å². The highest BCUT2D eigenvalue weighted by atomic mass is 19.4. The van der Waals surface area contributed by atoms with Gasteiger partial charge in [0.2, 0.25) is 0 Å². The zero-order valence-corrected chi connectivity index (χ0v) is 12.4. The molecule has 4 heteroatoms. The van der Waals surface area contributed by atoms with Crippen LogP contribution in [0.3, 0.4) is 0 Å². The van der Waals surface area contributed by atoms with E-state index in [0.29, 0.717) is 5.56 Å². The number of alkyl halides is 3. The summed E-state index contributed by atoms with van der Waals surface area (Å²) in [5, 5.41) is 0. The molecule has 0 saturated carbocycles. The van der Waals surface area contributed by atoms with Crippen molar-refractivity contribution in [2.45, 2.75) is 13.1 Å². The number of pyridine rings is 1. The number of hydrogen-bond donors (Lipinski definition) is 0. The molecule has 2 aromatic carbocycles. The SMILES string of the molecule is Cc1cccc(-c2cccc(-c3ccccc3C(F)(F)F)c2)n1. The van der Waals surface area contributed by atoms with Gasteiger partial charge in [-0.3, -0.25) is 4.98 Å². The van der Waals surface area contributed by atoms with Crippen LogP contribution in [0.2, 0.25) is 0 Å². The molecule has 116 valence electrons. The monoisotopic (exact) mass is 313 g/mol. The van der Waals surface area contributed by atoms with Crippen molar-refractivity contribution in [2.75, 3.05) is 0 Å². The lowest BCUT2D eigenvalue weighted by atomic mass is 9.97. The summed E-state index contributed by atoms with van der Waals surface area (Å²) in [7, 11) is 0. The quantitative estimate of drug-likeness (QED) is 0.587. The number of halogens is 3. The van der Waals surface area contributed by atoms with Crippen molar-refractivity contribution in [3.63, 3.8) is 0 Å². The van der Waals surface area contributed by atoms with Crippen molar-refractivity contribution >= 4 is 0 Å². The molecular weight excluding hydrogens is 299 g/mol. The van der Waals surface area contributed by atoms with Crippen molar-refractivity contribution in [3.05, 3.63) is 78.0 Å². The number of aromatic nitrogens is 1. The first-order chi connectivity index (χ1) is 10.9. The van der Waals surface area contributed by atoms with Crippen LogP contribution in [0.15, 0.2) is 66.7 Å². The molecule has 3 rings (SSSR count). The standard InChI is InChI=1S/C19H14F3N/c1-13-6-4-11-18(23-13)15-8-5-7-14(12-15)16-9-2-3-10-17(16)19(20,21)22/h2-12H,1H3. The lowest BCUT2D eigenvalue weighted by Crippen LogP contribution is -2.06. The van der Waals surface area contributed by atoms with Crippen LogP contribution in [0.5, 0.6) is 0 Å². The van der Waals surface area contributed by atoms with E-state index in [1.807, 2.05) is 31.2 Å². The lowest BCUT2D eigenvalue weighted by molar-refractivity contribution is -0.137. The van der Waals surface area contributed by atoms with Crippen molar-refractivity contribution < 1.29 is 13.2 Å². The zero-order valence-electron chi connectivity index (χ0n) is 12.4. The van der Waals surface area contributed by atoms with Gasteiger partial charge in [0.25, 0.3) is 0 Å². The van der Waals surface area contributed by atoms with E-state index < -0.39 is 11.7 Å². The Kier molecular flexibility index (Phi) is 3.90. The molecule has 1 aromatic heterocycles. The highest BCUT2D eigenvalue weighted by Crippen LogP contribution is 2.37. The van der Waals surface area contributed by atoms with Crippen molar-refractivity contribution in [1.82, 2.24) is 4.98 Å².